The highest BCUT2D eigenvalue weighted by Gasteiger charge is 2.12. The summed E-state index contributed by atoms with van der Waals surface area (Å²) < 4.78 is 0. The molecule has 0 heterocycles. The quantitative estimate of drug-likeness (QED) is 0.648. The molecule has 0 fully saturated rings. The minimum absolute atomic E-state index is 0.130. The molecule has 0 aliphatic heterocycles. The van der Waals surface area contributed by atoms with Gasteiger partial charge in [-0.1, -0.05) is 62.7 Å². The van der Waals surface area contributed by atoms with Gasteiger partial charge in [-0.05, 0) is 35.6 Å². The van der Waals surface area contributed by atoms with E-state index in [1.165, 1.54) is 11.1 Å². The molecule has 0 aromatic heterocycles. The molecule has 0 aliphatic rings. The summed E-state index contributed by atoms with van der Waals surface area (Å²) in [6, 6.07) is 16.1. The number of hydrogen-bond donors (Lipinski definition) is 2. The van der Waals surface area contributed by atoms with Crippen molar-refractivity contribution in [2.45, 2.75) is 33.1 Å². The zero-order valence-electron chi connectivity index (χ0n) is 14.8. The van der Waals surface area contributed by atoms with E-state index in [4.69, 9.17) is 0 Å². The summed E-state index contributed by atoms with van der Waals surface area (Å²) in [6.45, 7) is 8.74. The van der Waals surface area contributed by atoms with Gasteiger partial charge in [-0.15, -0.1) is 0 Å². The third-order valence-electron chi connectivity index (χ3n) is 3.68. The largest absolute Gasteiger partial charge is 0.376 e. The zero-order valence-corrected chi connectivity index (χ0v) is 14.8. The van der Waals surface area contributed by atoms with Gasteiger partial charge in [0.15, 0.2) is 0 Å². The van der Waals surface area contributed by atoms with Crippen LogP contribution in [0, 0.1) is 6.92 Å². The topological polar surface area (TPSA) is 53.5 Å². The van der Waals surface area contributed by atoms with E-state index in [-0.39, 0.29) is 17.9 Å². The van der Waals surface area contributed by atoms with Crippen LogP contribution in [0.1, 0.15) is 37.5 Å². The molecule has 0 bridgehead atoms. The lowest BCUT2D eigenvalue weighted by molar-refractivity contribution is -0.119. The second-order valence-corrected chi connectivity index (χ2v) is 6.88. The van der Waals surface area contributed by atoms with Gasteiger partial charge >= 0.3 is 0 Å². The highest BCUT2D eigenvalue weighted by molar-refractivity contribution is 5.84. The van der Waals surface area contributed by atoms with E-state index in [0.717, 1.165) is 11.3 Å². The number of rotatable bonds is 5. The van der Waals surface area contributed by atoms with E-state index in [9.17, 15) is 4.79 Å². The lowest BCUT2D eigenvalue weighted by atomic mass is 9.87. The minimum atomic E-state index is -0.182. The molecule has 1 amide bonds. The molecular weight excluding hydrogens is 298 g/mol. The summed E-state index contributed by atoms with van der Waals surface area (Å²) >= 11 is 0. The molecule has 2 rings (SSSR count). The van der Waals surface area contributed by atoms with Crippen LogP contribution in [0.3, 0.4) is 0 Å². The molecule has 0 saturated carbocycles. The average molecular weight is 323 g/mol. The first-order valence-electron chi connectivity index (χ1n) is 8.07. The third-order valence-corrected chi connectivity index (χ3v) is 3.68. The van der Waals surface area contributed by atoms with Gasteiger partial charge in [-0.3, -0.25) is 4.79 Å². The first-order valence-corrected chi connectivity index (χ1v) is 8.07. The fourth-order valence-corrected chi connectivity index (χ4v) is 2.14. The molecule has 126 valence electrons. The Bertz CT molecular complexity index is 695. The van der Waals surface area contributed by atoms with Crippen molar-refractivity contribution in [1.82, 2.24) is 5.43 Å². The summed E-state index contributed by atoms with van der Waals surface area (Å²) in [6.07, 6.45) is 1.65. The van der Waals surface area contributed by atoms with Crippen LogP contribution in [-0.4, -0.2) is 18.7 Å². The van der Waals surface area contributed by atoms with E-state index in [1.54, 1.807) is 6.21 Å². The van der Waals surface area contributed by atoms with Gasteiger partial charge in [0.2, 0.25) is 0 Å². The second-order valence-electron chi connectivity index (χ2n) is 6.88. The molecule has 4 heteroatoms. The van der Waals surface area contributed by atoms with Crippen molar-refractivity contribution in [2.75, 3.05) is 11.9 Å². The average Bonchev–Trinajstić information content (AvgIpc) is 2.54. The molecule has 2 aromatic rings. The Hall–Kier alpha value is -2.62. The number of hydrogen-bond acceptors (Lipinski definition) is 3. The van der Waals surface area contributed by atoms with Gasteiger partial charge in [0.25, 0.3) is 5.91 Å². The van der Waals surface area contributed by atoms with Crippen molar-refractivity contribution in [3.63, 3.8) is 0 Å². The summed E-state index contributed by atoms with van der Waals surface area (Å²) in [5, 5.41) is 7.05. The van der Waals surface area contributed by atoms with Crippen LogP contribution >= 0.6 is 0 Å². The van der Waals surface area contributed by atoms with Gasteiger partial charge in [0, 0.05) is 5.69 Å². The fourth-order valence-electron chi connectivity index (χ4n) is 2.14. The maximum atomic E-state index is 11.8. The normalized spacial score (nSPS) is 11.5. The Morgan fingerprint density at radius 1 is 1.04 bits per heavy atom. The summed E-state index contributed by atoms with van der Waals surface area (Å²) in [5.41, 5.74) is 6.98. The standard InChI is InChI=1S/C20H25N3O/c1-15-5-11-18(12-6-15)21-14-19(24)23-22-13-16-7-9-17(10-8-16)20(2,3)4/h5-13,21H,14H2,1-4H3,(H,23,24)/b22-13+. The van der Waals surface area contributed by atoms with Crippen molar-refractivity contribution in [2.24, 2.45) is 5.10 Å². The maximum absolute atomic E-state index is 11.8. The van der Waals surface area contributed by atoms with E-state index < -0.39 is 0 Å². The van der Waals surface area contributed by atoms with Gasteiger partial charge in [0.05, 0.1) is 12.8 Å². The summed E-state index contributed by atoms with van der Waals surface area (Å²) in [4.78, 5) is 11.8. The lowest BCUT2D eigenvalue weighted by Crippen LogP contribution is -2.25. The molecule has 4 nitrogen and oxygen atoms in total. The monoisotopic (exact) mass is 323 g/mol. The molecule has 0 spiro atoms. The van der Waals surface area contributed by atoms with Crippen LogP contribution in [0.5, 0.6) is 0 Å². The van der Waals surface area contributed by atoms with Crippen LogP contribution < -0.4 is 10.7 Å². The Morgan fingerprint density at radius 3 is 2.25 bits per heavy atom. The predicted octanol–water partition coefficient (Wildman–Crippen LogP) is 3.85. The van der Waals surface area contributed by atoms with Crippen LogP contribution in [0.4, 0.5) is 5.69 Å². The van der Waals surface area contributed by atoms with Gasteiger partial charge < -0.3 is 5.32 Å². The van der Waals surface area contributed by atoms with E-state index >= 15 is 0 Å². The number of aryl methyl sites for hydroxylation is 1. The predicted molar refractivity (Wildman–Crippen MR) is 101 cm³/mol. The Kier molecular flexibility index (Phi) is 5.74. The van der Waals surface area contributed by atoms with Crippen molar-refractivity contribution in [3.05, 3.63) is 65.2 Å². The van der Waals surface area contributed by atoms with Gasteiger partial charge in [-0.25, -0.2) is 5.43 Å². The summed E-state index contributed by atoms with van der Waals surface area (Å²) in [5.74, 6) is -0.182. The second kappa shape index (κ2) is 7.77. The van der Waals surface area contributed by atoms with Crippen LogP contribution in [0.15, 0.2) is 53.6 Å². The smallest absolute Gasteiger partial charge is 0.259 e. The Labute approximate surface area is 144 Å². The molecule has 2 N–H and O–H groups in total. The molecular formula is C20H25N3O. The van der Waals surface area contributed by atoms with Gasteiger partial charge in [-0.2, -0.15) is 5.10 Å². The van der Waals surface area contributed by atoms with Crippen molar-refractivity contribution in [1.29, 1.82) is 0 Å². The van der Waals surface area contributed by atoms with Crippen LogP contribution in [0.2, 0.25) is 0 Å². The highest BCUT2D eigenvalue weighted by Crippen LogP contribution is 2.21. The number of carbonyl (C=O) groups is 1. The number of hydrazone groups is 1. The maximum Gasteiger partial charge on any atom is 0.259 e. The van der Waals surface area contributed by atoms with E-state index in [2.05, 4.69) is 48.7 Å². The molecule has 2 aromatic carbocycles. The first kappa shape index (κ1) is 17.7. The number of amides is 1. The summed E-state index contributed by atoms with van der Waals surface area (Å²) in [7, 11) is 0. The van der Waals surface area contributed by atoms with Crippen molar-refractivity contribution in [3.8, 4) is 0 Å². The van der Waals surface area contributed by atoms with Gasteiger partial charge in [0.1, 0.15) is 0 Å². The molecule has 0 saturated heterocycles. The first-order chi connectivity index (χ1) is 11.3. The number of carbonyl (C=O) groups excluding carboxylic acids is 1. The van der Waals surface area contributed by atoms with E-state index in [1.807, 2.05) is 43.3 Å². The molecule has 0 atom stereocenters. The number of benzene rings is 2. The zero-order chi connectivity index (χ0) is 17.6. The van der Waals surface area contributed by atoms with Crippen molar-refractivity contribution < 1.29 is 4.79 Å². The minimum Gasteiger partial charge on any atom is -0.376 e. The Morgan fingerprint density at radius 2 is 1.67 bits per heavy atom. The number of nitrogens with zero attached hydrogens (tertiary/aromatic N) is 1. The van der Waals surface area contributed by atoms with E-state index in [0.29, 0.717) is 0 Å². The molecule has 24 heavy (non-hydrogen) atoms. The van der Waals surface area contributed by atoms with Crippen LogP contribution in [-0.2, 0) is 10.2 Å². The lowest BCUT2D eigenvalue weighted by Gasteiger charge is -2.18. The number of anilines is 1. The highest BCUT2D eigenvalue weighted by atomic mass is 16.2. The fraction of sp³-hybridized carbons (Fsp3) is 0.300. The third kappa shape index (κ3) is 5.54. The molecule has 0 radical (unpaired) electrons. The molecule has 0 unspecified atom stereocenters. The Balaban J connectivity index is 1.80. The molecule has 0 aliphatic carbocycles. The SMILES string of the molecule is Cc1ccc(NCC(=O)N/N=C/c2ccc(C(C)(C)C)cc2)cc1. The number of nitrogens with one attached hydrogen (secondary N) is 2. The van der Waals surface area contributed by atoms with Crippen molar-refractivity contribution >= 4 is 17.8 Å². The van der Waals surface area contributed by atoms with Crippen LogP contribution in [0.25, 0.3) is 0 Å².